The number of nitrogens with zero attached hydrogens (tertiary/aromatic N) is 2. The molecule has 0 saturated heterocycles. The van der Waals surface area contributed by atoms with E-state index in [9.17, 15) is 4.79 Å². The summed E-state index contributed by atoms with van der Waals surface area (Å²) in [4.78, 5) is 17.1. The standard InChI is InChI=1S/C20H26ClN3O2S/c1-13-14(2)24(16-6-4-5-7-16)20(22-13)27-11-10-19(25)23-17-12-15(21)8-9-18(17)26-3/h8-9,12,16H,4-7,10-11H2,1-3H3,(H,23,25). The zero-order valence-corrected chi connectivity index (χ0v) is 17.6. The Morgan fingerprint density at radius 3 is 2.81 bits per heavy atom. The number of anilines is 1. The number of rotatable bonds is 7. The van der Waals surface area contributed by atoms with Gasteiger partial charge >= 0.3 is 0 Å². The molecule has 146 valence electrons. The van der Waals surface area contributed by atoms with Crippen LogP contribution in [0.15, 0.2) is 23.4 Å². The van der Waals surface area contributed by atoms with Gasteiger partial charge in [0.25, 0.3) is 0 Å². The van der Waals surface area contributed by atoms with E-state index in [4.69, 9.17) is 21.3 Å². The van der Waals surface area contributed by atoms with Crippen molar-refractivity contribution in [1.82, 2.24) is 9.55 Å². The van der Waals surface area contributed by atoms with E-state index in [0.29, 0.717) is 34.7 Å². The van der Waals surface area contributed by atoms with Gasteiger partial charge in [-0.1, -0.05) is 36.2 Å². The quantitative estimate of drug-likeness (QED) is 0.624. The number of thioether (sulfide) groups is 1. The van der Waals surface area contributed by atoms with Crippen LogP contribution in [-0.2, 0) is 4.79 Å². The second-order valence-corrected chi connectivity index (χ2v) is 8.36. The Morgan fingerprint density at radius 2 is 2.11 bits per heavy atom. The fourth-order valence-corrected chi connectivity index (χ4v) is 4.78. The number of carbonyl (C=O) groups is 1. The molecule has 1 amide bonds. The summed E-state index contributed by atoms with van der Waals surface area (Å²) in [5, 5.41) is 4.48. The molecule has 0 radical (unpaired) electrons. The number of ether oxygens (including phenoxy) is 1. The zero-order valence-electron chi connectivity index (χ0n) is 16.0. The Hall–Kier alpha value is -1.66. The maximum atomic E-state index is 12.3. The molecule has 1 aromatic carbocycles. The van der Waals surface area contributed by atoms with Gasteiger partial charge in [0.1, 0.15) is 5.75 Å². The van der Waals surface area contributed by atoms with E-state index in [0.717, 1.165) is 10.9 Å². The van der Waals surface area contributed by atoms with Gasteiger partial charge in [0.15, 0.2) is 5.16 Å². The van der Waals surface area contributed by atoms with Crippen LogP contribution in [0.5, 0.6) is 5.75 Å². The third-order valence-electron chi connectivity index (χ3n) is 5.04. The Balaban J connectivity index is 1.59. The molecule has 1 saturated carbocycles. The van der Waals surface area contributed by atoms with E-state index >= 15 is 0 Å². The molecule has 27 heavy (non-hydrogen) atoms. The molecule has 0 spiro atoms. The monoisotopic (exact) mass is 407 g/mol. The van der Waals surface area contributed by atoms with Gasteiger partial charge in [-0.3, -0.25) is 4.79 Å². The van der Waals surface area contributed by atoms with E-state index in [1.807, 2.05) is 0 Å². The van der Waals surface area contributed by atoms with Crippen molar-refractivity contribution in [3.63, 3.8) is 0 Å². The predicted molar refractivity (Wildman–Crippen MR) is 111 cm³/mol. The third-order valence-corrected chi connectivity index (χ3v) is 6.23. The van der Waals surface area contributed by atoms with Gasteiger partial charge < -0.3 is 14.6 Å². The summed E-state index contributed by atoms with van der Waals surface area (Å²) in [6, 6.07) is 5.74. The lowest BCUT2D eigenvalue weighted by atomic mass is 10.2. The van der Waals surface area contributed by atoms with E-state index in [2.05, 4.69) is 23.7 Å². The molecule has 0 atom stereocenters. The first kappa shape index (κ1) is 20.1. The normalized spacial score (nSPS) is 14.5. The van der Waals surface area contributed by atoms with Crippen molar-refractivity contribution in [2.24, 2.45) is 0 Å². The lowest BCUT2D eigenvalue weighted by molar-refractivity contribution is -0.115. The Kier molecular flexibility index (Phi) is 6.71. The summed E-state index contributed by atoms with van der Waals surface area (Å²) in [7, 11) is 1.57. The number of carbonyl (C=O) groups excluding carboxylic acids is 1. The highest BCUT2D eigenvalue weighted by Crippen LogP contribution is 2.35. The molecule has 1 fully saturated rings. The van der Waals surface area contributed by atoms with Crippen molar-refractivity contribution < 1.29 is 9.53 Å². The average molecular weight is 408 g/mol. The number of methoxy groups -OCH3 is 1. The largest absolute Gasteiger partial charge is 0.495 e. The number of hydrogen-bond donors (Lipinski definition) is 1. The van der Waals surface area contributed by atoms with Crippen LogP contribution in [0.2, 0.25) is 5.02 Å². The molecule has 1 aromatic heterocycles. The van der Waals surface area contributed by atoms with Crippen molar-refractivity contribution in [1.29, 1.82) is 0 Å². The Labute approximate surface area is 169 Å². The molecular weight excluding hydrogens is 382 g/mol. The molecule has 0 unspecified atom stereocenters. The van der Waals surface area contributed by atoms with Crippen LogP contribution in [0.3, 0.4) is 0 Å². The first-order valence-corrected chi connectivity index (χ1v) is 10.7. The fraction of sp³-hybridized carbons (Fsp3) is 0.500. The second kappa shape index (κ2) is 9.02. The molecule has 0 aliphatic heterocycles. The lowest BCUT2D eigenvalue weighted by Gasteiger charge is -2.17. The molecule has 1 heterocycles. The molecule has 2 aromatic rings. The van der Waals surface area contributed by atoms with Crippen molar-refractivity contribution in [3.8, 4) is 5.75 Å². The van der Waals surface area contributed by atoms with Gasteiger partial charge in [-0.25, -0.2) is 4.98 Å². The van der Waals surface area contributed by atoms with Crippen LogP contribution in [0.1, 0.15) is 49.5 Å². The van der Waals surface area contributed by atoms with Gasteiger partial charge in [0.2, 0.25) is 5.91 Å². The minimum absolute atomic E-state index is 0.0597. The predicted octanol–water partition coefficient (Wildman–Crippen LogP) is 5.40. The third kappa shape index (κ3) is 4.79. The maximum Gasteiger partial charge on any atom is 0.225 e. The van der Waals surface area contributed by atoms with Crippen LogP contribution in [0.25, 0.3) is 0 Å². The van der Waals surface area contributed by atoms with Gasteiger partial charge in [0.05, 0.1) is 18.5 Å². The van der Waals surface area contributed by atoms with Crippen LogP contribution in [0, 0.1) is 13.8 Å². The highest BCUT2D eigenvalue weighted by atomic mass is 35.5. The minimum atomic E-state index is -0.0597. The zero-order chi connectivity index (χ0) is 19.4. The fourth-order valence-electron chi connectivity index (χ4n) is 3.52. The Bertz CT molecular complexity index is 816. The van der Waals surface area contributed by atoms with Crippen LogP contribution in [-0.4, -0.2) is 28.3 Å². The highest BCUT2D eigenvalue weighted by Gasteiger charge is 2.23. The summed E-state index contributed by atoms with van der Waals surface area (Å²) in [5.41, 5.74) is 2.93. The number of halogens is 1. The topological polar surface area (TPSA) is 56.1 Å². The molecule has 3 rings (SSSR count). The maximum absolute atomic E-state index is 12.3. The summed E-state index contributed by atoms with van der Waals surface area (Å²) < 4.78 is 7.65. The van der Waals surface area contributed by atoms with Gasteiger partial charge in [-0.05, 0) is 44.9 Å². The summed E-state index contributed by atoms with van der Waals surface area (Å²) in [6.45, 7) is 4.20. The molecule has 5 nitrogen and oxygen atoms in total. The number of amides is 1. The first-order valence-electron chi connectivity index (χ1n) is 9.31. The molecule has 1 N–H and O–H groups in total. The number of imidazole rings is 1. The van der Waals surface area contributed by atoms with Crippen LogP contribution < -0.4 is 10.1 Å². The molecular formula is C20H26ClN3O2S. The van der Waals surface area contributed by atoms with Crippen LogP contribution in [0.4, 0.5) is 5.69 Å². The minimum Gasteiger partial charge on any atom is -0.495 e. The molecule has 7 heteroatoms. The van der Waals surface area contributed by atoms with E-state index < -0.39 is 0 Å². The number of benzene rings is 1. The number of aryl methyl sites for hydroxylation is 1. The van der Waals surface area contributed by atoms with E-state index in [1.54, 1.807) is 37.1 Å². The van der Waals surface area contributed by atoms with E-state index in [-0.39, 0.29) is 5.91 Å². The van der Waals surface area contributed by atoms with Gasteiger partial charge in [-0.2, -0.15) is 0 Å². The SMILES string of the molecule is COc1ccc(Cl)cc1NC(=O)CCSc1nc(C)c(C)n1C1CCCC1. The summed E-state index contributed by atoms with van der Waals surface area (Å²) >= 11 is 7.67. The summed E-state index contributed by atoms with van der Waals surface area (Å²) in [5.74, 6) is 1.22. The smallest absolute Gasteiger partial charge is 0.225 e. The number of hydrogen-bond acceptors (Lipinski definition) is 4. The summed E-state index contributed by atoms with van der Waals surface area (Å²) in [6.07, 6.45) is 5.42. The molecule has 1 aliphatic carbocycles. The van der Waals surface area contributed by atoms with E-state index in [1.165, 1.54) is 31.4 Å². The second-order valence-electron chi connectivity index (χ2n) is 6.86. The van der Waals surface area contributed by atoms with Crippen LogP contribution >= 0.6 is 23.4 Å². The molecule has 1 aliphatic rings. The number of aromatic nitrogens is 2. The first-order chi connectivity index (χ1) is 13.0. The van der Waals surface area contributed by atoms with Gasteiger partial charge in [-0.15, -0.1) is 0 Å². The Morgan fingerprint density at radius 1 is 1.37 bits per heavy atom. The highest BCUT2D eigenvalue weighted by molar-refractivity contribution is 7.99. The van der Waals surface area contributed by atoms with Gasteiger partial charge in [0, 0.05) is 28.9 Å². The molecule has 0 bridgehead atoms. The van der Waals surface area contributed by atoms with Crippen molar-refractivity contribution in [2.75, 3.05) is 18.2 Å². The van der Waals surface area contributed by atoms with Crippen molar-refractivity contribution in [3.05, 3.63) is 34.6 Å². The average Bonchev–Trinajstić information content (AvgIpc) is 3.24. The van der Waals surface area contributed by atoms with Crippen molar-refractivity contribution in [2.45, 2.75) is 57.1 Å². The van der Waals surface area contributed by atoms with Crippen molar-refractivity contribution >= 4 is 35.0 Å². The lowest BCUT2D eigenvalue weighted by Crippen LogP contribution is -2.13. The number of nitrogens with one attached hydrogen (secondary N) is 1.